The molecule has 0 fully saturated rings. The number of nitrogens with zero attached hydrogens (tertiary/aromatic N) is 2. The van der Waals surface area contributed by atoms with Crippen molar-refractivity contribution in [3.8, 4) is 11.4 Å². The maximum atomic E-state index is 12.3. The molecule has 6 heteroatoms. The molecule has 128 valence electrons. The number of carbonyl (C=O) groups is 1. The van der Waals surface area contributed by atoms with E-state index in [0.29, 0.717) is 23.6 Å². The minimum Gasteiger partial charge on any atom is -0.496 e. The van der Waals surface area contributed by atoms with Crippen molar-refractivity contribution in [1.82, 2.24) is 15.1 Å². The summed E-state index contributed by atoms with van der Waals surface area (Å²) in [5.41, 5.74) is 2.41. The fourth-order valence-corrected chi connectivity index (χ4v) is 2.62. The van der Waals surface area contributed by atoms with Gasteiger partial charge in [-0.25, -0.2) is 4.68 Å². The molecule has 3 aromatic rings. The summed E-state index contributed by atoms with van der Waals surface area (Å²) in [4.78, 5) is 12.3. The Morgan fingerprint density at radius 3 is 2.72 bits per heavy atom. The Labute approximate surface area is 151 Å². The predicted octanol–water partition coefficient (Wildman–Crippen LogP) is 3.51. The van der Waals surface area contributed by atoms with Crippen LogP contribution in [0.2, 0.25) is 5.02 Å². The minimum absolute atomic E-state index is 0.157. The third kappa shape index (κ3) is 4.19. The topological polar surface area (TPSA) is 56.1 Å². The summed E-state index contributed by atoms with van der Waals surface area (Å²) in [5.74, 6) is 0.669. The highest BCUT2D eigenvalue weighted by Gasteiger charge is 2.10. The van der Waals surface area contributed by atoms with Crippen molar-refractivity contribution in [1.29, 1.82) is 0 Å². The number of aromatic nitrogens is 2. The first kappa shape index (κ1) is 17.0. The first-order valence-corrected chi connectivity index (χ1v) is 8.26. The van der Waals surface area contributed by atoms with Gasteiger partial charge in [0, 0.05) is 17.8 Å². The standard InChI is InChI=1S/C19H18ClN3O2/c1-25-18-5-3-2-4-14(18)10-11-21-19(24)15-12-22-23(13-15)17-8-6-16(20)7-9-17/h2-9,12-13H,10-11H2,1H3,(H,21,24). The largest absolute Gasteiger partial charge is 0.496 e. The molecule has 1 amide bonds. The molecule has 25 heavy (non-hydrogen) atoms. The number of carbonyl (C=O) groups excluding carboxylic acids is 1. The summed E-state index contributed by atoms with van der Waals surface area (Å²) < 4.78 is 6.96. The van der Waals surface area contributed by atoms with Crippen molar-refractivity contribution in [2.45, 2.75) is 6.42 Å². The molecule has 5 nitrogen and oxygen atoms in total. The average Bonchev–Trinajstić information content (AvgIpc) is 3.13. The molecule has 3 rings (SSSR count). The summed E-state index contributed by atoms with van der Waals surface area (Å²) in [7, 11) is 1.64. The zero-order valence-electron chi connectivity index (χ0n) is 13.8. The van der Waals surface area contributed by atoms with Gasteiger partial charge in [0.25, 0.3) is 5.91 Å². The molecule has 2 aromatic carbocycles. The zero-order valence-corrected chi connectivity index (χ0v) is 14.5. The molecule has 0 saturated heterocycles. The quantitative estimate of drug-likeness (QED) is 0.736. The van der Waals surface area contributed by atoms with Gasteiger partial charge in [0.15, 0.2) is 0 Å². The van der Waals surface area contributed by atoms with Gasteiger partial charge in [0.1, 0.15) is 5.75 Å². The Kier molecular flexibility index (Phi) is 5.36. The van der Waals surface area contributed by atoms with Crippen molar-refractivity contribution >= 4 is 17.5 Å². The van der Waals surface area contributed by atoms with Crippen LogP contribution in [0.3, 0.4) is 0 Å². The van der Waals surface area contributed by atoms with Crippen molar-refractivity contribution < 1.29 is 9.53 Å². The van der Waals surface area contributed by atoms with Gasteiger partial charge in [0.2, 0.25) is 0 Å². The molecule has 0 aliphatic heterocycles. The monoisotopic (exact) mass is 355 g/mol. The molecule has 0 spiro atoms. The molecule has 1 N–H and O–H groups in total. The second-order valence-corrected chi connectivity index (χ2v) is 5.90. The van der Waals surface area contributed by atoms with E-state index < -0.39 is 0 Å². The van der Waals surface area contributed by atoms with E-state index in [4.69, 9.17) is 16.3 Å². The van der Waals surface area contributed by atoms with E-state index >= 15 is 0 Å². The molecule has 0 saturated carbocycles. The Morgan fingerprint density at radius 2 is 1.96 bits per heavy atom. The van der Waals surface area contributed by atoms with Gasteiger partial charge >= 0.3 is 0 Å². The minimum atomic E-state index is -0.157. The maximum Gasteiger partial charge on any atom is 0.254 e. The van der Waals surface area contributed by atoms with Crippen LogP contribution in [0.25, 0.3) is 5.69 Å². The lowest BCUT2D eigenvalue weighted by molar-refractivity contribution is 0.0954. The lowest BCUT2D eigenvalue weighted by Crippen LogP contribution is -2.25. The molecular formula is C19H18ClN3O2. The van der Waals surface area contributed by atoms with Gasteiger partial charge in [-0.1, -0.05) is 29.8 Å². The van der Waals surface area contributed by atoms with Crippen LogP contribution < -0.4 is 10.1 Å². The number of rotatable bonds is 6. The molecule has 0 unspecified atom stereocenters. The van der Waals surface area contributed by atoms with Crippen LogP contribution in [0.5, 0.6) is 5.75 Å². The van der Waals surface area contributed by atoms with Crippen LogP contribution in [0.1, 0.15) is 15.9 Å². The van der Waals surface area contributed by atoms with E-state index in [0.717, 1.165) is 17.0 Å². The number of hydrogen-bond acceptors (Lipinski definition) is 3. The van der Waals surface area contributed by atoms with Crippen molar-refractivity contribution in [2.75, 3.05) is 13.7 Å². The Hall–Kier alpha value is -2.79. The molecule has 1 aromatic heterocycles. The smallest absolute Gasteiger partial charge is 0.254 e. The number of halogens is 1. The summed E-state index contributed by atoms with van der Waals surface area (Å²) >= 11 is 5.88. The van der Waals surface area contributed by atoms with Gasteiger partial charge in [-0.2, -0.15) is 5.10 Å². The lowest BCUT2D eigenvalue weighted by atomic mass is 10.1. The molecular weight excluding hydrogens is 338 g/mol. The van der Waals surface area contributed by atoms with Crippen LogP contribution in [0.15, 0.2) is 60.9 Å². The van der Waals surface area contributed by atoms with Crippen LogP contribution in [0, 0.1) is 0 Å². The molecule has 0 bridgehead atoms. The van der Waals surface area contributed by atoms with Gasteiger partial charge in [-0.15, -0.1) is 0 Å². The van der Waals surface area contributed by atoms with Gasteiger partial charge in [-0.3, -0.25) is 4.79 Å². The zero-order chi connectivity index (χ0) is 17.6. The SMILES string of the molecule is COc1ccccc1CCNC(=O)c1cnn(-c2ccc(Cl)cc2)c1. The number of methoxy groups -OCH3 is 1. The van der Waals surface area contributed by atoms with Crippen molar-refractivity contribution in [3.05, 3.63) is 77.1 Å². The molecule has 0 aliphatic carbocycles. The van der Waals surface area contributed by atoms with Gasteiger partial charge in [0.05, 0.1) is 24.6 Å². The Bertz CT molecular complexity index is 859. The lowest BCUT2D eigenvalue weighted by Gasteiger charge is -2.08. The summed E-state index contributed by atoms with van der Waals surface area (Å²) in [6, 6.07) is 15.0. The fourth-order valence-electron chi connectivity index (χ4n) is 2.50. The predicted molar refractivity (Wildman–Crippen MR) is 97.6 cm³/mol. The highest BCUT2D eigenvalue weighted by Crippen LogP contribution is 2.17. The molecule has 0 aliphatic rings. The number of para-hydroxylation sites is 1. The van der Waals surface area contributed by atoms with Gasteiger partial charge in [-0.05, 0) is 42.3 Å². The summed E-state index contributed by atoms with van der Waals surface area (Å²) in [5, 5.41) is 7.78. The Balaban J connectivity index is 1.59. The van der Waals surface area contributed by atoms with Crippen LogP contribution in [0.4, 0.5) is 0 Å². The van der Waals surface area contributed by atoms with E-state index in [1.165, 1.54) is 0 Å². The molecule has 0 atom stereocenters. The normalized spacial score (nSPS) is 10.5. The average molecular weight is 356 g/mol. The van der Waals surface area contributed by atoms with Crippen molar-refractivity contribution in [3.63, 3.8) is 0 Å². The molecule has 1 heterocycles. The number of amides is 1. The second-order valence-electron chi connectivity index (χ2n) is 5.47. The van der Waals surface area contributed by atoms with Crippen LogP contribution in [-0.4, -0.2) is 29.3 Å². The van der Waals surface area contributed by atoms with E-state index in [1.807, 2.05) is 36.4 Å². The third-order valence-electron chi connectivity index (χ3n) is 3.81. The number of nitrogens with one attached hydrogen (secondary N) is 1. The number of benzene rings is 2. The Morgan fingerprint density at radius 1 is 1.20 bits per heavy atom. The van der Waals surface area contributed by atoms with E-state index in [2.05, 4.69) is 10.4 Å². The third-order valence-corrected chi connectivity index (χ3v) is 4.06. The maximum absolute atomic E-state index is 12.3. The fraction of sp³-hybridized carbons (Fsp3) is 0.158. The van der Waals surface area contributed by atoms with Crippen molar-refractivity contribution in [2.24, 2.45) is 0 Å². The van der Waals surface area contributed by atoms with Crippen LogP contribution in [-0.2, 0) is 6.42 Å². The highest BCUT2D eigenvalue weighted by molar-refractivity contribution is 6.30. The van der Waals surface area contributed by atoms with Gasteiger partial charge < -0.3 is 10.1 Å². The van der Waals surface area contributed by atoms with E-state index in [-0.39, 0.29) is 5.91 Å². The second kappa shape index (κ2) is 7.85. The first-order valence-electron chi connectivity index (χ1n) is 7.88. The summed E-state index contributed by atoms with van der Waals surface area (Å²) in [6.07, 6.45) is 3.94. The first-order chi connectivity index (χ1) is 12.2. The molecule has 0 radical (unpaired) electrons. The summed E-state index contributed by atoms with van der Waals surface area (Å²) in [6.45, 7) is 0.519. The van der Waals surface area contributed by atoms with E-state index in [9.17, 15) is 4.79 Å². The highest BCUT2D eigenvalue weighted by atomic mass is 35.5. The number of ether oxygens (including phenoxy) is 1. The van der Waals surface area contributed by atoms with Crippen LogP contribution >= 0.6 is 11.6 Å². The van der Waals surface area contributed by atoms with E-state index in [1.54, 1.807) is 36.3 Å². The number of hydrogen-bond donors (Lipinski definition) is 1.